The average Bonchev–Trinajstić information content (AvgIpc) is 2.49. The molecule has 0 aromatic heterocycles. The van der Waals surface area contributed by atoms with E-state index in [1.54, 1.807) is 4.90 Å². The molecule has 0 aliphatic carbocycles. The first-order valence-corrected chi connectivity index (χ1v) is 8.46. The first-order chi connectivity index (χ1) is 10.4. The van der Waals surface area contributed by atoms with Crippen LogP contribution in [0.3, 0.4) is 0 Å². The van der Waals surface area contributed by atoms with Crippen LogP contribution in [0, 0.1) is 5.41 Å². The topological polar surface area (TPSA) is 59.1 Å². The Balaban J connectivity index is 1.77. The summed E-state index contributed by atoms with van der Waals surface area (Å²) in [6.07, 6.45) is 1.50. The first-order valence-electron chi connectivity index (χ1n) is 8.46. The number of nitrogens with zero attached hydrogens (tertiary/aromatic N) is 3. The molecule has 2 aliphatic heterocycles. The predicted octanol–water partition coefficient (Wildman–Crippen LogP) is -0.557. The normalized spacial score (nSPS) is 29.3. The summed E-state index contributed by atoms with van der Waals surface area (Å²) in [5.41, 5.74) is -0.319. The fraction of sp³-hybridized carbons (Fsp3) is 0.938. The van der Waals surface area contributed by atoms with E-state index in [2.05, 4.69) is 22.2 Å². The number of aliphatic hydroxyl groups is 1. The maximum atomic E-state index is 12.6. The number of likely N-dealkylation sites (N-methyl/N-ethyl adjacent to an activating group) is 2. The van der Waals surface area contributed by atoms with Crippen LogP contribution in [0.1, 0.15) is 19.8 Å². The van der Waals surface area contributed by atoms with Gasteiger partial charge in [-0.05, 0) is 33.4 Å². The van der Waals surface area contributed by atoms with E-state index in [4.69, 9.17) is 0 Å². The number of nitrogens with one attached hydrogen (secondary N) is 1. The van der Waals surface area contributed by atoms with Gasteiger partial charge in [-0.15, -0.1) is 0 Å². The fourth-order valence-corrected chi connectivity index (χ4v) is 3.48. The van der Waals surface area contributed by atoms with Crippen LogP contribution in [0.5, 0.6) is 0 Å². The molecule has 2 rings (SSSR count). The lowest BCUT2D eigenvalue weighted by Crippen LogP contribution is -2.52. The number of piperidine rings is 1. The molecule has 22 heavy (non-hydrogen) atoms. The van der Waals surface area contributed by atoms with E-state index in [-0.39, 0.29) is 11.3 Å². The van der Waals surface area contributed by atoms with Gasteiger partial charge in [-0.1, -0.05) is 0 Å². The minimum absolute atomic E-state index is 0.150. The second-order valence-corrected chi connectivity index (χ2v) is 7.28. The third-order valence-electron chi connectivity index (χ3n) is 5.01. The van der Waals surface area contributed by atoms with Crippen LogP contribution in [0.15, 0.2) is 0 Å². The molecule has 6 heteroatoms. The molecule has 2 heterocycles. The van der Waals surface area contributed by atoms with Gasteiger partial charge in [-0.25, -0.2) is 0 Å². The summed E-state index contributed by atoms with van der Waals surface area (Å²) in [6.45, 7) is 8.92. The van der Waals surface area contributed by atoms with Crippen LogP contribution in [0.25, 0.3) is 0 Å². The monoisotopic (exact) mass is 312 g/mol. The maximum Gasteiger partial charge on any atom is 0.229 e. The summed E-state index contributed by atoms with van der Waals surface area (Å²) in [4.78, 5) is 18.9. The number of rotatable bonds is 5. The number of aliphatic hydroxyl groups excluding tert-OH is 1. The first kappa shape index (κ1) is 17.7. The molecule has 0 aromatic carbocycles. The predicted molar refractivity (Wildman–Crippen MR) is 87.8 cm³/mol. The van der Waals surface area contributed by atoms with Crippen molar-refractivity contribution in [2.75, 3.05) is 66.5 Å². The van der Waals surface area contributed by atoms with Crippen molar-refractivity contribution in [3.63, 3.8) is 0 Å². The van der Waals surface area contributed by atoms with Crippen molar-refractivity contribution in [1.29, 1.82) is 0 Å². The molecule has 6 nitrogen and oxygen atoms in total. The Hall–Kier alpha value is -0.690. The summed E-state index contributed by atoms with van der Waals surface area (Å²) < 4.78 is 0. The molecule has 0 spiro atoms. The van der Waals surface area contributed by atoms with Crippen molar-refractivity contribution in [2.45, 2.75) is 25.9 Å². The van der Waals surface area contributed by atoms with E-state index >= 15 is 0 Å². The molecule has 0 aromatic rings. The maximum absolute atomic E-state index is 12.6. The summed E-state index contributed by atoms with van der Waals surface area (Å²) in [7, 11) is 3.94. The number of amides is 1. The second-order valence-electron chi connectivity index (χ2n) is 7.28. The minimum atomic E-state index is -0.475. The lowest BCUT2D eigenvalue weighted by molar-refractivity contribution is -0.142. The lowest BCUT2D eigenvalue weighted by atomic mass is 9.81. The van der Waals surface area contributed by atoms with Gasteiger partial charge in [-0.2, -0.15) is 0 Å². The summed E-state index contributed by atoms with van der Waals surface area (Å²) >= 11 is 0. The van der Waals surface area contributed by atoms with Gasteiger partial charge in [0.25, 0.3) is 0 Å². The van der Waals surface area contributed by atoms with E-state index < -0.39 is 6.10 Å². The van der Waals surface area contributed by atoms with Gasteiger partial charge in [0.15, 0.2) is 0 Å². The molecule has 2 atom stereocenters. The number of hydrogen-bond donors (Lipinski definition) is 2. The summed E-state index contributed by atoms with van der Waals surface area (Å²) in [5.74, 6) is 0.150. The van der Waals surface area contributed by atoms with Crippen molar-refractivity contribution in [3.05, 3.63) is 0 Å². The third-order valence-corrected chi connectivity index (χ3v) is 5.01. The molecule has 0 bridgehead atoms. The summed E-state index contributed by atoms with van der Waals surface area (Å²) in [6, 6.07) is 0. The fourth-order valence-electron chi connectivity index (χ4n) is 3.48. The van der Waals surface area contributed by atoms with Crippen molar-refractivity contribution in [1.82, 2.24) is 20.0 Å². The third kappa shape index (κ3) is 4.65. The van der Waals surface area contributed by atoms with Crippen LogP contribution < -0.4 is 5.32 Å². The number of carbonyl (C=O) groups is 1. The number of β-amino-alcohol motifs (C(OH)–C–C–N with tert-alkyl or cyclic N) is 1. The molecular weight excluding hydrogens is 280 g/mol. The SMILES string of the molecule is CN1CCN(CC(O)CN(C)C(=O)C2(C)CCCNC2)CC1. The largest absolute Gasteiger partial charge is 0.390 e. The van der Waals surface area contributed by atoms with Crippen LogP contribution >= 0.6 is 0 Å². The average molecular weight is 312 g/mol. The molecule has 2 aliphatic rings. The highest BCUT2D eigenvalue weighted by atomic mass is 16.3. The standard InChI is InChI=1S/C16H32N4O2/c1-16(5-4-6-17-13-16)15(22)19(3)11-14(21)12-20-9-7-18(2)8-10-20/h14,17,21H,4-13H2,1-3H3. The van der Waals surface area contributed by atoms with Gasteiger partial charge in [0.2, 0.25) is 5.91 Å². The van der Waals surface area contributed by atoms with E-state index in [0.717, 1.165) is 52.1 Å². The molecular formula is C16H32N4O2. The number of hydrogen-bond acceptors (Lipinski definition) is 5. The Kier molecular flexibility index (Phi) is 6.20. The molecule has 2 saturated heterocycles. The Morgan fingerprint density at radius 3 is 2.64 bits per heavy atom. The molecule has 0 radical (unpaired) electrons. The Morgan fingerprint density at radius 2 is 2.05 bits per heavy atom. The van der Waals surface area contributed by atoms with Gasteiger partial charge in [0.05, 0.1) is 11.5 Å². The highest BCUT2D eigenvalue weighted by Gasteiger charge is 2.37. The zero-order valence-corrected chi connectivity index (χ0v) is 14.3. The summed E-state index contributed by atoms with van der Waals surface area (Å²) in [5, 5.41) is 13.6. The van der Waals surface area contributed by atoms with E-state index in [1.165, 1.54) is 0 Å². The van der Waals surface area contributed by atoms with Crippen molar-refractivity contribution >= 4 is 5.91 Å². The van der Waals surface area contributed by atoms with Crippen LogP contribution in [-0.2, 0) is 4.79 Å². The van der Waals surface area contributed by atoms with Crippen molar-refractivity contribution < 1.29 is 9.90 Å². The van der Waals surface area contributed by atoms with E-state index in [9.17, 15) is 9.90 Å². The molecule has 2 fully saturated rings. The zero-order chi connectivity index (χ0) is 16.2. The molecule has 128 valence electrons. The van der Waals surface area contributed by atoms with Crippen molar-refractivity contribution in [3.8, 4) is 0 Å². The molecule has 0 saturated carbocycles. The van der Waals surface area contributed by atoms with Crippen LogP contribution in [-0.4, -0.2) is 98.3 Å². The van der Waals surface area contributed by atoms with Gasteiger partial charge >= 0.3 is 0 Å². The quantitative estimate of drug-likeness (QED) is 0.713. The van der Waals surface area contributed by atoms with Gasteiger partial charge in [-0.3, -0.25) is 9.69 Å². The highest BCUT2D eigenvalue weighted by Crippen LogP contribution is 2.27. The molecule has 2 unspecified atom stereocenters. The number of carbonyl (C=O) groups excluding carboxylic acids is 1. The molecule has 1 amide bonds. The van der Waals surface area contributed by atoms with Gasteiger partial charge < -0.3 is 20.2 Å². The van der Waals surface area contributed by atoms with E-state index in [0.29, 0.717) is 13.1 Å². The van der Waals surface area contributed by atoms with Crippen LogP contribution in [0.4, 0.5) is 0 Å². The van der Waals surface area contributed by atoms with Crippen LogP contribution in [0.2, 0.25) is 0 Å². The van der Waals surface area contributed by atoms with Gasteiger partial charge in [0, 0.05) is 52.9 Å². The highest BCUT2D eigenvalue weighted by molar-refractivity contribution is 5.82. The Bertz CT molecular complexity index is 363. The van der Waals surface area contributed by atoms with Gasteiger partial charge in [0.1, 0.15) is 0 Å². The van der Waals surface area contributed by atoms with E-state index in [1.807, 2.05) is 14.0 Å². The number of piperazine rings is 1. The Morgan fingerprint density at radius 1 is 1.36 bits per heavy atom. The minimum Gasteiger partial charge on any atom is -0.390 e. The van der Waals surface area contributed by atoms with Crippen molar-refractivity contribution in [2.24, 2.45) is 5.41 Å². The Labute approximate surface area is 134 Å². The lowest BCUT2D eigenvalue weighted by Gasteiger charge is -2.37. The zero-order valence-electron chi connectivity index (χ0n) is 14.3. The second kappa shape index (κ2) is 7.73. The smallest absolute Gasteiger partial charge is 0.229 e. The molecule has 2 N–H and O–H groups in total.